The van der Waals surface area contributed by atoms with E-state index in [0.29, 0.717) is 0 Å². The zero-order chi connectivity index (χ0) is 12.4. The number of hydrogen-bond donors (Lipinski definition) is 2. The highest BCUT2D eigenvalue weighted by Crippen LogP contribution is 2.30. The summed E-state index contributed by atoms with van der Waals surface area (Å²) in [4.78, 5) is 0. The molecular weight excluding hydrogens is 222 g/mol. The van der Waals surface area contributed by atoms with Crippen LogP contribution in [0.3, 0.4) is 0 Å². The van der Waals surface area contributed by atoms with E-state index in [-0.39, 0.29) is 18.7 Å². The molecule has 2 aromatic rings. The maximum absolute atomic E-state index is 9.42. The molecule has 0 unspecified atom stereocenters. The Morgan fingerprint density at radius 3 is 2.50 bits per heavy atom. The molecule has 3 rings (SSSR count). The van der Waals surface area contributed by atoms with Gasteiger partial charge < -0.3 is 10.4 Å². The summed E-state index contributed by atoms with van der Waals surface area (Å²) in [6.07, 6.45) is 0.899. The molecule has 0 saturated heterocycles. The van der Waals surface area contributed by atoms with Gasteiger partial charge in [0.2, 0.25) is 0 Å². The Kier molecular flexibility index (Phi) is 3.13. The molecule has 0 aliphatic carbocycles. The van der Waals surface area contributed by atoms with Crippen LogP contribution in [-0.4, -0.2) is 17.8 Å². The number of benzene rings is 2. The lowest BCUT2D eigenvalue weighted by Gasteiger charge is -2.32. The third kappa shape index (κ3) is 2.05. The van der Waals surface area contributed by atoms with Crippen molar-refractivity contribution in [3.63, 3.8) is 0 Å². The molecule has 2 nitrogen and oxygen atoms in total. The molecule has 1 heterocycles. The van der Waals surface area contributed by atoms with Gasteiger partial charge in [-0.2, -0.15) is 0 Å². The van der Waals surface area contributed by atoms with Crippen LogP contribution >= 0.6 is 0 Å². The summed E-state index contributed by atoms with van der Waals surface area (Å²) in [5.74, 6) is 0. The zero-order valence-electron chi connectivity index (χ0n) is 10.2. The summed E-state index contributed by atoms with van der Waals surface area (Å²) in [6, 6.07) is 19.2. The van der Waals surface area contributed by atoms with E-state index in [2.05, 4.69) is 53.8 Å². The number of hydrogen-bond acceptors (Lipinski definition) is 2. The largest absolute Gasteiger partial charge is 0.395 e. The normalized spacial score (nSPS) is 22.5. The van der Waals surface area contributed by atoms with Gasteiger partial charge in [-0.1, -0.05) is 54.6 Å². The van der Waals surface area contributed by atoms with Crippen LogP contribution in [0.2, 0.25) is 0 Å². The molecule has 0 amide bonds. The van der Waals surface area contributed by atoms with Gasteiger partial charge in [-0.25, -0.2) is 0 Å². The van der Waals surface area contributed by atoms with E-state index in [0.717, 1.165) is 6.42 Å². The summed E-state index contributed by atoms with van der Waals surface area (Å²) in [6.45, 7) is 0.178. The summed E-state index contributed by atoms with van der Waals surface area (Å²) in [5, 5.41) is 12.9. The standard InChI is InChI=1S/C16H17NO/c18-11-14-10-13-8-4-5-9-15(13)16(17-14)12-6-2-1-3-7-12/h1-9,14,16-18H,10-11H2/t14-,16-/m0/s1. The monoisotopic (exact) mass is 239 g/mol. The highest BCUT2D eigenvalue weighted by molar-refractivity contribution is 5.40. The molecule has 18 heavy (non-hydrogen) atoms. The second kappa shape index (κ2) is 4.92. The fourth-order valence-electron chi connectivity index (χ4n) is 2.69. The Labute approximate surface area is 107 Å². The first-order valence-corrected chi connectivity index (χ1v) is 6.38. The first kappa shape index (κ1) is 11.5. The van der Waals surface area contributed by atoms with Gasteiger partial charge in [-0.05, 0) is 23.1 Å². The lowest BCUT2D eigenvalue weighted by Crippen LogP contribution is -2.42. The van der Waals surface area contributed by atoms with Crippen LogP contribution in [0.5, 0.6) is 0 Å². The van der Waals surface area contributed by atoms with Gasteiger partial charge in [0, 0.05) is 6.04 Å². The van der Waals surface area contributed by atoms with Gasteiger partial charge in [0.25, 0.3) is 0 Å². The smallest absolute Gasteiger partial charge is 0.0588 e. The topological polar surface area (TPSA) is 32.3 Å². The third-order valence-corrected chi connectivity index (χ3v) is 3.59. The predicted molar refractivity (Wildman–Crippen MR) is 72.4 cm³/mol. The molecule has 1 aliphatic heterocycles. The summed E-state index contributed by atoms with van der Waals surface area (Å²) in [7, 11) is 0. The Morgan fingerprint density at radius 1 is 1.00 bits per heavy atom. The van der Waals surface area contributed by atoms with Gasteiger partial charge in [0.05, 0.1) is 12.6 Å². The fourth-order valence-corrected chi connectivity index (χ4v) is 2.69. The second-order valence-electron chi connectivity index (χ2n) is 4.79. The molecular formula is C16H17NO. The Hall–Kier alpha value is -1.64. The van der Waals surface area contributed by atoms with E-state index in [1.165, 1.54) is 16.7 Å². The van der Waals surface area contributed by atoms with E-state index in [1.807, 2.05) is 6.07 Å². The van der Waals surface area contributed by atoms with Crippen molar-refractivity contribution in [2.24, 2.45) is 0 Å². The molecule has 2 heteroatoms. The van der Waals surface area contributed by atoms with E-state index in [1.54, 1.807) is 0 Å². The molecule has 0 spiro atoms. The highest BCUT2D eigenvalue weighted by Gasteiger charge is 2.26. The molecule has 92 valence electrons. The van der Waals surface area contributed by atoms with Gasteiger partial charge >= 0.3 is 0 Å². The maximum Gasteiger partial charge on any atom is 0.0588 e. The van der Waals surface area contributed by atoms with Crippen molar-refractivity contribution in [3.05, 3.63) is 71.3 Å². The quantitative estimate of drug-likeness (QED) is 0.842. The van der Waals surface area contributed by atoms with Crippen LogP contribution in [0.1, 0.15) is 22.7 Å². The van der Waals surface area contributed by atoms with Gasteiger partial charge in [0.1, 0.15) is 0 Å². The maximum atomic E-state index is 9.42. The third-order valence-electron chi connectivity index (χ3n) is 3.59. The number of aliphatic hydroxyl groups is 1. The first-order valence-electron chi connectivity index (χ1n) is 6.38. The van der Waals surface area contributed by atoms with Crippen molar-refractivity contribution < 1.29 is 5.11 Å². The molecule has 0 fully saturated rings. The molecule has 0 bridgehead atoms. The van der Waals surface area contributed by atoms with Crippen molar-refractivity contribution in [1.82, 2.24) is 5.32 Å². The number of nitrogens with one attached hydrogen (secondary N) is 1. The SMILES string of the molecule is OC[C@@H]1Cc2ccccc2[C@H](c2ccccc2)N1. The Morgan fingerprint density at radius 2 is 1.72 bits per heavy atom. The second-order valence-corrected chi connectivity index (χ2v) is 4.79. The average molecular weight is 239 g/mol. The van der Waals surface area contributed by atoms with Crippen molar-refractivity contribution in [2.45, 2.75) is 18.5 Å². The van der Waals surface area contributed by atoms with Crippen LogP contribution in [0.4, 0.5) is 0 Å². The van der Waals surface area contributed by atoms with E-state index >= 15 is 0 Å². The van der Waals surface area contributed by atoms with Crippen molar-refractivity contribution in [3.8, 4) is 0 Å². The van der Waals surface area contributed by atoms with Crippen LogP contribution in [-0.2, 0) is 6.42 Å². The van der Waals surface area contributed by atoms with Crippen LogP contribution < -0.4 is 5.32 Å². The van der Waals surface area contributed by atoms with E-state index in [9.17, 15) is 5.11 Å². The zero-order valence-corrected chi connectivity index (χ0v) is 10.2. The van der Waals surface area contributed by atoms with Crippen molar-refractivity contribution in [2.75, 3.05) is 6.61 Å². The number of fused-ring (bicyclic) bond motifs is 1. The molecule has 0 aromatic heterocycles. The lowest BCUT2D eigenvalue weighted by atomic mass is 9.87. The van der Waals surface area contributed by atoms with E-state index in [4.69, 9.17) is 0 Å². The van der Waals surface area contributed by atoms with Crippen molar-refractivity contribution in [1.29, 1.82) is 0 Å². The summed E-state index contributed by atoms with van der Waals surface area (Å²) < 4.78 is 0. The minimum atomic E-state index is 0.144. The minimum Gasteiger partial charge on any atom is -0.395 e. The van der Waals surface area contributed by atoms with Crippen LogP contribution in [0, 0.1) is 0 Å². The van der Waals surface area contributed by atoms with Crippen LogP contribution in [0.15, 0.2) is 54.6 Å². The molecule has 1 aliphatic rings. The first-order chi connectivity index (χ1) is 8.88. The predicted octanol–water partition coefficient (Wildman–Crippen LogP) is 2.28. The number of rotatable bonds is 2. The molecule has 0 radical (unpaired) electrons. The Balaban J connectivity index is 2.04. The van der Waals surface area contributed by atoms with Crippen molar-refractivity contribution >= 4 is 0 Å². The minimum absolute atomic E-state index is 0.144. The molecule has 0 saturated carbocycles. The van der Waals surface area contributed by atoms with Gasteiger partial charge in [-0.15, -0.1) is 0 Å². The molecule has 2 aromatic carbocycles. The molecule has 2 atom stereocenters. The van der Waals surface area contributed by atoms with Gasteiger partial charge in [-0.3, -0.25) is 0 Å². The van der Waals surface area contributed by atoms with Crippen LogP contribution in [0.25, 0.3) is 0 Å². The molecule has 2 N–H and O–H groups in total. The Bertz CT molecular complexity index is 524. The lowest BCUT2D eigenvalue weighted by molar-refractivity contribution is 0.229. The van der Waals surface area contributed by atoms with Gasteiger partial charge in [0.15, 0.2) is 0 Å². The summed E-state index contributed by atoms with van der Waals surface area (Å²) >= 11 is 0. The fraction of sp³-hybridized carbons (Fsp3) is 0.250. The average Bonchev–Trinajstić information content (AvgIpc) is 2.47. The number of aliphatic hydroxyl groups excluding tert-OH is 1. The summed E-state index contributed by atoms with van der Waals surface area (Å²) in [5.41, 5.74) is 3.92. The van der Waals surface area contributed by atoms with E-state index < -0.39 is 0 Å². The highest BCUT2D eigenvalue weighted by atomic mass is 16.3.